The van der Waals surface area contributed by atoms with Crippen molar-refractivity contribution in [3.63, 3.8) is 0 Å². The molecule has 9 heteroatoms. The van der Waals surface area contributed by atoms with E-state index >= 15 is 0 Å². The van der Waals surface area contributed by atoms with Crippen molar-refractivity contribution in [1.29, 1.82) is 0 Å². The zero-order valence-corrected chi connectivity index (χ0v) is 22.7. The molecule has 0 bridgehead atoms. The van der Waals surface area contributed by atoms with Crippen molar-refractivity contribution < 1.29 is 31.1 Å². The highest BCUT2D eigenvalue weighted by atomic mass is 32.2. The predicted molar refractivity (Wildman–Crippen MR) is 145 cm³/mol. The van der Waals surface area contributed by atoms with E-state index < -0.39 is 27.5 Å². The van der Waals surface area contributed by atoms with Crippen LogP contribution in [0.2, 0.25) is 0 Å². The number of hydrogen-bond acceptors (Lipinski definition) is 4. The zero-order chi connectivity index (χ0) is 27.7. The highest BCUT2D eigenvalue weighted by molar-refractivity contribution is 7.88. The summed E-state index contributed by atoms with van der Waals surface area (Å²) >= 11 is 0. The Labute approximate surface area is 226 Å². The molecule has 3 aromatic carbocycles. The summed E-state index contributed by atoms with van der Waals surface area (Å²) in [6.07, 6.45) is 4.09. The van der Waals surface area contributed by atoms with E-state index in [0.29, 0.717) is 48.9 Å². The van der Waals surface area contributed by atoms with Gasteiger partial charge in [0.1, 0.15) is 17.4 Å². The van der Waals surface area contributed by atoms with E-state index in [0.717, 1.165) is 42.0 Å². The van der Waals surface area contributed by atoms with E-state index in [2.05, 4.69) is 0 Å². The number of ether oxygens (including phenoxy) is 2. The van der Waals surface area contributed by atoms with Crippen molar-refractivity contribution in [3.05, 3.63) is 94.3 Å². The van der Waals surface area contributed by atoms with E-state index in [9.17, 15) is 21.6 Å². The maximum absolute atomic E-state index is 15.0. The third-order valence-electron chi connectivity index (χ3n) is 7.55. The molecule has 5 rings (SSSR count). The Bertz CT molecular complexity index is 1530. The molecule has 3 aromatic rings. The number of sulfonamides is 1. The monoisotopic (exact) mass is 557 g/mol. The predicted octanol–water partition coefficient (Wildman–Crippen LogP) is 6.07. The van der Waals surface area contributed by atoms with Crippen molar-refractivity contribution in [3.8, 4) is 11.5 Å². The summed E-state index contributed by atoms with van der Waals surface area (Å²) < 4.78 is 79.3. The molecule has 5 nitrogen and oxygen atoms in total. The Morgan fingerprint density at radius 2 is 1.67 bits per heavy atom. The minimum Gasteiger partial charge on any atom is -0.494 e. The summed E-state index contributed by atoms with van der Waals surface area (Å²) in [4.78, 5) is 0. The molecule has 1 saturated heterocycles. The van der Waals surface area contributed by atoms with Crippen LogP contribution in [0.15, 0.2) is 54.6 Å². The number of benzene rings is 3. The van der Waals surface area contributed by atoms with E-state index in [1.165, 1.54) is 41.9 Å². The Balaban J connectivity index is 1.36. The first-order chi connectivity index (χ1) is 18.6. The van der Waals surface area contributed by atoms with Crippen LogP contribution in [0.1, 0.15) is 41.5 Å². The molecule has 0 saturated carbocycles. The fraction of sp³-hybridized carbons (Fsp3) is 0.333. The smallest absolute Gasteiger partial charge is 0.211 e. The number of piperidine rings is 1. The minimum atomic E-state index is -3.15. The van der Waals surface area contributed by atoms with Gasteiger partial charge in [0, 0.05) is 24.7 Å². The lowest BCUT2D eigenvalue weighted by Crippen LogP contribution is -2.38. The fourth-order valence-corrected chi connectivity index (χ4v) is 6.34. The Morgan fingerprint density at radius 1 is 0.923 bits per heavy atom. The molecular formula is C30H30F3NO4S. The molecule has 2 aliphatic rings. The van der Waals surface area contributed by atoms with Gasteiger partial charge in [0.15, 0.2) is 11.6 Å². The van der Waals surface area contributed by atoms with Gasteiger partial charge in [-0.15, -0.1) is 0 Å². The number of methoxy groups -OCH3 is 1. The number of nitrogens with zero attached hydrogens (tertiary/aromatic N) is 1. The number of halogens is 3. The van der Waals surface area contributed by atoms with Gasteiger partial charge in [-0.25, -0.2) is 25.9 Å². The van der Waals surface area contributed by atoms with E-state index in [4.69, 9.17) is 9.47 Å². The van der Waals surface area contributed by atoms with Crippen molar-refractivity contribution in [2.45, 2.75) is 25.7 Å². The molecule has 1 aliphatic carbocycles. The summed E-state index contributed by atoms with van der Waals surface area (Å²) in [6.45, 7) is 1.56. The number of allylic oxidation sites excluding steroid dienone is 1. The third-order valence-corrected chi connectivity index (χ3v) is 8.86. The Morgan fingerprint density at radius 3 is 2.33 bits per heavy atom. The Hall–Kier alpha value is -3.30. The van der Waals surface area contributed by atoms with Gasteiger partial charge in [0.25, 0.3) is 0 Å². The number of rotatable bonds is 8. The quantitative estimate of drug-likeness (QED) is 0.338. The lowest BCUT2D eigenvalue weighted by Gasteiger charge is -2.30. The van der Waals surface area contributed by atoms with E-state index in [1.807, 2.05) is 18.2 Å². The molecule has 39 heavy (non-hydrogen) atoms. The van der Waals surface area contributed by atoms with Crippen LogP contribution >= 0.6 is 0 Å². The molecule has 0 amide bonds. The normalized spacial score (nSPS) is 16.4. The molecular weight excluding hydrogens is 527 g/mol. The molecule has 0 radical (unpaired) electrons. The minimum absolute atomic E-state index is 0.113. The van der Waals surface area contributed by atoms with Gasteiger partial charge in [0.05, 0.1) is 20.0 Å². The number of fused-ring (bicyclic) bond motifs is 1. The number of hydrogen-bond donors (Lipinski definition) is 0. The largest absolute Gasteiger partial charge is 0.494 e. The SMILES string of the molecule is COc1ccc(C2=C(c3ccc(F)cc3F)c3ccc(OCCC4CCN(S(C)(=O)=O)CC4)cc3C2)cc1F. The van der Waals surface area contributed by atoms with Crippen molar-refractivity contribution in [2.24, 2.45) is 5.92 Å². The maximum atomic E-state index is 15.0. The van der Waals surface area contributed by atoms with Crippen molar-refractivity contribution in [1.82, 2.24) is 4.31 Å². The summed E-state index contributed by atoms with van der Waals surface area (Å²) in [6, 6.07) is 13.7. The van der Waals surface area contributed by atoms with Crippen molar-refractivity contribution >= 4 is 21.2 Å². The van der Waals surface area contributed by atoms with Crippen LogP contribution in [0, 0.1) is 23.4 Å². The fourth-order valence-electron chi connectivity index (χ4n) is 5.46. The molecule has 1 fully saturated rings. The average molecular weight is 558 g/mol. The highest BCUT2D eigenvalue weighted by Gasteiger charge is 2.28. The van der Waals surface area contributed by atoms with Gasteiger partial charge in [-0.3, -0.25) is 0 Å². The molecule has 0 spiro atoms. The third kappa shape index (κ3) is 5.84. The van der Waals surface area contributed by atoms with Crippen molar-refractivity contribution in [2.75, 3.05) is 33.1 Å². The molecule has 1 heterocycles. The van der Waals surface area contributed by atoms with Gasteiger partial charge in [0.2, 0.25) is 10.0 Å². The van der Waals surface area contributed by atoms with Gasteiger partial charge in [-0.2, -0.15) is 0 Å². The van der Waals surface area contributed by atoms with Gasteiger partial charge < -0.3 is 9.47 Å². The second kappa shape index (κ2) is 11.1. The van der Waals surface area contributed by atoms with Crippen LogP contribution in [0.4, 0.5) is 13.2 Å². The molecule has 0 atom stereocenters. The van der Waals surface area contributed by atoms with Crippen LogP contribution in [0.5, 0.6) is 11.5 Å². The summed E-state index contributed by atoms with van der Waals surface area (Å²) in [5.41, 5.74) is 3.84. The molecule has 0 aromatic heterocycles. The maximum Gasteiger partial charge on any atom is 0.211 e. The van der Waals surface area contributed by atoms with Gasteiger partial charge in [-0.1, -0.05) is 12.1 Å². The van der Waals surface area contributed by atoms with Gasteiger partial charge >= 0.3 is 0 Å². The first-order valence-electron chi connectivity index (χ1n) is 12.9. The summed E-state index contributed by atoms with van der Waals surface area (Å²) in [5, 5.41) is 0. The molecule has 206 valence electrons. The molecule has 1 aliphatic heterocycles. The summed E-state index contributed by atoms with van der Waals surface area (Å²) in [5.74, 6) is -0.706. The van der Waals surface area contributed by atoms with Crippen LogP contribution < -0.4 is 9.47 Å². The van der Waals surface area contributed by atoms with Crippen LogP contribution in [0.3, 0.4) is 0 Å². The molecule has 0 N–H and O–H groups in total. The lowest BCUT2D eigenvalue weighted by molar-refractivity contribution is 0.219. The standard InChI is InChI=1S/C30H30F3NO4S/c1-37-29-8-3-20(17-28(29)33)26-16-21-15-23(38-14-11-19-9-12-34(13-10-19)39(2,35)36)5-7-24(21)30(26)25-6-4-22(31)18-27(25)32/h3-8,15,17-19H,9-14,16H2,1-2H3. The Kier molecular flexibility index (Phi) is 7.73. The van der Waals surface area contributed by atoms with Crippen LogP contribution in [-0.2, 0) is 16.4 Å². The van der Waals surface area contributed by atoms with Crippen LogP contribution in [-0.4, -0.2) is 45.8 Å². The first-order valence-corrected chi connectivity index (χ1v) is 14.7. The zero-order valence-electron chi connectivity index (χ0n) is 21.8. The van der Waals surface area contributed by atoms with E-state index in [-0.39, 0.29) is 11.3 Å². The average Bonchev–Trinajstić information content (AvgIpc) is 3.27. The second-order valence-electron chi connectivity index (χ2n) is 10.1. The van der Waals surface area contributed by atoms with Crippen LogP contribution in [0.25, 0.3) is 11.1 Å². The molecule has 0 unspecified atom stereocenters. The second-order valence-corrected chi connectivity index (χ2v) is 12.0. The van der Waals surface area contributed by atoms with Gasteiger partial charge in [-0.05, 0) is 95.8 Å². The van der Waals surface area contributed by atoms with E-state index in [1.54, 1.807) is 6.07 Å². The highest BCUT2D eigenvalue weighted by Crippen LogP contribution is 2.44. The summed E-state index contributed by atoms with van der Waals surface area (Å²) in [7, 11) is -1.76. The topological polar surface area (TPSA) is 55.8 Å². The lowest BCUT2D eigenvalue weighted by atomic mass is 9.94. The first kappa shape index (κ1) is 27.3.